The average molecular weight is 303 g/mol. The summed E-state index contributed by atoms with van der Waals surface area (Å²) >= 11 is 1.72. The van der Waals surface area contributed by atoms with E-state index >= 15 is 0 Å². The number of amides is 1. The van der Waals surface area contributed by atoms with E-state index in [1.165, 1.54) is 10.3 Å². The van der Waals surface area contributed by atoms with Crippen molar-refractivity contribution in [3.05, 3.63) is 23.8 Å². The fraction of sp³-hybridized carbons (Fsp3) is 0.500. The topological polar surface area (TPSA) is 45.2 Å². The quantitative estimate of drug-likeness (QED) is 0.928. The van der Waals surface area contributed by atoms with Gasteiger partial charge in [0, 0.05) is 18.5 Å². The number of benzene rings is 1. The maximum atomic E-state index is 11.9. The molecule has 0 unspecified atom stereocenters. The molecule has 0 radical (unpaired) electrons. The van der Waals surface area contributed by atoms with Crippen LogP contribution >= 0.6 is 11.3 Å². The molecule has 1 aliphatic rings. The number of rotatable bonds is 2. The summed E-state index contributed by atoms with van der Waals surface area (Å²) in [6, 6.07) is 6.58. The second-order valence-corrected chi connectivity index (χ2v) is 7.80. The average Bonchev–Trinajstić information content (AvgIpc) is 2.73. The Balaban J connectivity index is 1.64. The van der Waals surface area contributed by atoms with Crippen molar-refractivity contribution in [2.75, 3.05) is 18.0 Å². The normalized spacial score (nSPS) is 16.1. The van der Waals surface area contributed by atoms with Gasteiger partial charge in [0.25, 0.3) is 0 Å². The van der Waals surface area contributed by atoms with Gasteiger partial charge in [-0.05, 0) is 24.6 Å². The van der Waals surface area contributed by atoms with Crippen molar-refractivity contribution in [2.24, 2.45) is 5.41 Å². The molecule has 1 amide bonds. The smallest absolute Gasteiger partial charge is 0.225 e. The summed E-state index contributed by atoms with van der Waals surface area (Å²) in [6.45, 7) is 9.61. The van der Waals surface area contributed by atoms with Gasteiger partial charge in [-0.3, -0.25) is 4.79 Å². The van der Waals surface area contributed by atoms with E-state index in [0.717, 1.165) is 23.7 Å². The molecule has 1 saturated heterocycles. The zero-order chi connectivity index (χ0) is 15.2. The molecular formula is C16H21N3OS. The maximum Gasteiger partial charge on any atom is 0.225 e. The van der Waals surface area contributed by atoms with Gasteiger partial charge in [-0.15, -0.1) is 0 Å². The van der Waals surface area contributed by atoms with Crippen LogP contribution in [-0.4, -0.2) is 30.0 Å². The van der Waals surface area contributed by atoms with Gasteiger partial charge in [-0.1, -0.05) is 38.2 Å². The first-order valence-electron chi connectivity index (χ1n) is 7.26. The summed E-state index contributed by atoms with van der Waals surface area (Å²) in [5.74, 6) is 0.118. The van der Waals surface area contributed by atoms with E-state index in [4.69, 9.17) is 0 Å². The summed E-state index contributed by atoms with van der Waals surface area (Å²) < 4.78 is 1.23. The Morgan fingerprint density at radius 2 is 2.10 bits per heavy atom. The van der Waals surface area contributed by atoms with E-state index in [1.807, 2.05) is 20.8 Å². The first-order chi connectivity index (χ1) is 9.83. The van der Waals surface area contributed by atoms with Crippen LogP contribution in [0.3, 0.4) is 0 Å². The highest BCUT2D eigenvalue weighted by Gasteiger charge is 2.32. The van der Waals surface area contributed by atoms with Crippen LogP contribution in [0.4, 0.5) is 5.13 Å². The number of aromatic nitrogens is 1. The summed E-state index contributed by atoms with van der Waals surface area (Å²) in [6.07, 6.45) is 0. The second-order valence-electron chi connectivity index (χ2n) is 6.79. The lowest BCUT2D eigenvalue weighted by Crippen LogP contribution is -2.60. The number of hydrogen-bond acceptors (Lipinski definition) is 4. The number of carbonyl (C=O) groups excluding carboxylic acids is 1. The van der Waals surface area contributed by atoms with E-state index < -0.39 is 0 Å². The minimum Gasteiger partial charge on any atom is -0.349 e. The fourth-order valence-electron chi connectivity index (χ4n) is 2.28. The third-order valence-corrected chi connectivity index (χ3v) is 4.78. The minimum absolute atomic E-state index is 0.118. The number of anilines is 1. The van der Waals surface area contributed by atoms with Crippen LogP contribution in [0.15, 0.2) is 18.2 Å². The van der Waals surface area contributed by atoms with Gasteiger partial charge in [0.1, 0.15) is 0 Å². The molecule has 1 aliphatic heterocycles. The van der Waals surface area contributed by atoms with E-state index in [-0.39, 0.29) is 17.4 Å². The molecule has 112 valence electrons. The summed E-state index contributed by atoms with van der Waals surface area (Å²) in [5, 5.41) is 4.15. The van der Waals surface area contributed by atoms with Crippen molar-refractivity contribution in [3.63, 3.8) is 0 Å². The van der Waals surface area contributed by atoms with Gasteiger partial charge >= 0.3 is 0 Å². The highest BCUT2D eigenvalue weighted by atomic mass is 32.1. The van der Waals surface area contributed by atoms with Gasteiger partial charge in [-0.25, -0.2) is 4.98 Å². The van der Waals surface area contributed by atoms with Crippen molar-refractivity contribution < 1.29 is 4.79 Å². The van der Waals surface area contributed by atoms with Crippen LogP contribution < -0.4 is 10.2 Å². The molecule has 0 saturated carbocycles. The van der Waals surface area contributed by atoms with Crippen LogP contribution in [0.5, 0.6) is 0 Å². The minimum atomic E-state index is -0.326. The Labute approximate surface area is 129 Å². The van der Waals surface area contributed by atoms with Crippen LogP contribution in [-0.2, 0) is 4.79 Å². The Bertz CT molecular complexity index is 680. The molecular weight excluding hydrogens is 282 g/mol. The zero-order valence-corrected chi connectivity index (χ0v) is 13.8. The molecule has 0 spiro atoms. The Morgan fingerprint density at radius 3 is 2.76 bits per heavy atom. The summed E-state index contributed by atoms with van der Waals surface area (Å²) in [5.41, 5.74) is 1.99. The van der Waals surface area contributed by atoms with E-state index in [1.54, 1.807) is 11.3 Å². The molecule has 1 aromatic carbocycles. The standard InChI is InChI=1S/C16H21N3OS/c1-10-5-6-12-13(7-10)21-15(18-12)19-8-11(9-19)17-14(20)16(2,3)4/h5-7,11H,8-9H2,1-4H3,(H,17,20). The maximum absolute atomic E-state index is 11.9. The molecule has 21 heavy (non-hydrogen) atoms. The predicted molar refractivity (Wildman–Crippen MR) is 88.0 cm³/mol. The van der Waals surface area contributed by atoms with Crippen LogP contribution in [0.2, 0.25) is 0 Å². The molecule has 0 atom stereocenters. The number of aryl methyl sites for hydroxylation is 1. The Hall–Kier alpha value is -1.62. The van der Waals surface area contributed by atoms with Gasteiger partial charge < -0.3 is 10.2 Å². The molecule has 1 aromatic heterocycles. The molecule has 0 bridgehead atoms. The van der Waals surface area contributed by atoms with Crippen molar-refractivity contribution in [2.45, 2.75) is 33.7 Å². The number of thiazole rings is 1. The number of carbonyl (C=O) groups is 1. The number of fused-ring (bicyclic) bond motifs is 1. The molecule has 1 fully saturated rings. The molecule has 3 rings (SSSR count). The number of nitrogens with zero attached hydrogens (tertiary/aromatic N) is 2. The van der Waals surface area contributed by atoms with Crippen molar-refractivity contribution >= 4 is 32.6 Å². The molecule has 4 nitrogen and oxygen atoms in total. The Kier molecular flexibility index (Phi) is 3.40. The van der Waals surface area contributed by atoms with E-state index in [2.05, 4.69) is 40.3 Å². The highest BCUT2D eigenvalue weighted by Crippen LogP contribution is 2.32. The fourth-order valence-corrected chi connectivity index (χ4v) is 3.36. The lowest BCUT2D eigenvalue weighted by molar-refractivity contribution is -0.129. The highest BCUT2D eigenvalue weighted by molar-refractivity contribution is 7.22. The van der Waals surface area contributed by atoms with E-state index in [0.29, 0.717) is 0 Å². The second kappa shape index (κ2) is 4.98. The number of hydrogen-bond donors (Lipinski definition) is 1. The lowest BCUT2D eigenvalue weighted by atomic mass is 9.94. The largest absolute Gasteiger partial charge is 0.349 e. The Morgan fingerprint density at radius 1 is 1.38 bits per heavy atom. The summed E-state index contributed by atoms with van der Waals surface area (Å²) in [7, 11) is 0. The third kappa shape index (κ3) is 2.88. The molecule has 1 N–H and O–H groups in total. The van der Waals surface area contributed by atoms with Gasteiger partial charge in [0.2, 0.25) is 5.91 Å². The van der Waals surface area contributed by atoms with Crippen LogP contribution in [0.25, 0.3) is 10.2 Å². The van der Waals surface area contributed by atoms with Crippen molar-refractivity contribution in [1.29, 1.82) is 0 Å². The van der Waals surface area contributed by atoms with Crippen LogP contribution in [0.1, 0.15) is 26.3 Å². The molecule has 5 heteroatoms. The van der Waals surface area contributed by atoms with Crippen molar-refractivity contribution in [1.82, 2.24) is 10.3 Å². The zero-order valence-electron chi connectivity index (χ0n) is 12.9. The van der Waals surface area contributed by atoms with Gasteiger partial charge in [0.15, 0.2) is 5.13 Å². The van der Waals surface area contributed by atoms with Crippen molar-refractivity contribution in [3.8, 4) is 0 Å². The molecule has 2 heterocycles. The van der Waals surface area contributed by atoms with Gasteiger partial charge in [0.05, 0.1) is 16.3 Å². The number of nitrogens with one attached hydrogen (secondary N) is 1. The molecule has 2 aromatic rings. The monoisotopic (exact) mass is 303 g/mol. The first kappa shape index (κ1) is 14.3. The first-order valence-corrected chi connectivity index (χ1v) is 8.08. The third-order valence-electron chi connectivity index (χ3n) is 3.70. The van der Waals surface area contributed by atoms with Crippen LogP contribution in [0, 0.1) is 12.3 Å². The SMILES string of the molecule is Cc1ccc2nc(N3CC(NC(=O)C(C)(C)C)C3)sc2c1. The van der Waals surface area contributed by atoms with E-state index in [9.17, 15) is 4.79 Å². The molecule has 0 aliphatic carbocycles. The predicted octanol–water partition coefficient (Wildman–Crippen LogP) is 2.96. The van der Waals surface area contributed by atoms with Gasteiger partial charge in [-0.2, -0.15) is 0 Å². The lowest BCUT2D eigenvalue weighted by Gasteiger charge is -2.40. The summed E-state index contributed by atoms with van der Waals surface area (Å²) in [4.78, 5) is 18.8.